The minimum atomic E-state index is 0.0313. The Labute approximate surface area is 149 Å². The second-order valence-electron chi connectivity index (χ2n) is 7.85. The van der Waals surface area contributed by atoms with Crippen molar-refractivity contribution in [2.75, 3.05) is 13.7 Å². The molecule has 1 heterocycles. The number of nitrogens with one attached hydrogen (secondary N) is 1. The minimum Gasteiger partial charge on any atom is -0.496 e. The molecule has 2 aromatic rings. The Morgan fingerprint density at radius 1 is 1.28 bits per heavy atom. The molecule has 25 heavy (non-hydrogen) atoms. The predicted octanol–water partition coefficient (Wildman–Crippen LogP) is 4.37. The van der Waals surface area contributed by atoms with Gasteiger partial charge in [0, 0.05) is 19.3 Å². The Hall–Kier alpha value is -1.97. The van der Waals surface area contributed by atoms with Crippen molar-refractivity contribution in [1.29, 1.82) is 0 Å². The molecule has 0 saturated heterocycles. The fraction of sp³-hybridized carbons (Fsp3) is 0.571. The molecule has 1 aromatic carbocycles. The molecule has 4 heteroatoms. The van der Waals surface area contributed by atoms with Gasteiger partial charge in [-0.05, 0) is 68.9 Å². The first-order valence-corrected chi connectivity index (χ1v) is 9.60. The van der Waals surface area contributed by atoms with Crippen molar-refractivity contribution in [3.8, 4) is 5.75 Å². The average molecular weight is 340 g/mol. The van der Waals surface area contributed by atoms with E-state index in [9.17, 15) is 4.79 Å². The van der Waals surface area contributed by atoms with E-state index in [4.69, 9.17) is 4.74 Å². The highest BCUT2D eigenvalue weighted by Crippen LogP contribution is 2.49. The minimum absolute atomic E-state index is 0.0313. The van der Waals surface area contributed by atoms with E-state index in [-0.39, 0.29) is 5.91 Å². The molecule has 3 aliphatic carbocycles. The maximum absolute atomic E-state index is 13.0. The normalized spacial score (nSPS) is 25.3. The van der Waals surface area contributed by atoms with Crippen molar-refractivity contribution in [3.05, 3.63) is 30.0 Å². The van der Waals surface area contributed by atoms with Gasteiger partial charge in [-0.3, -0.25) is 4.79 Å². The van der Waals surface area contributed by atoms with Crippen molar-refractivity contribution in [2.24, 2.45) is 11.3 Å². The molecule has 1 aromatic heterocycles. The largest absolute Gasteiger partial charge is 0.496 e. The Morgan fingerprint density at radius 2 is 2.00 bits per heavy atom. The number of rotatable bonds is 5. The van der Waals surface area contributed by atoms with Crippen LogP contribution in [0.5, 0.6) is 5.75 Å². The Balaban J connectivity index is 1.59. The molecule has 3 aliphatic rings. The van der Waals surface area contributed by atoms with E-state index in [2.05, 4.69) is 22.9 Å². The Bertz CT molecular complexity index is 771. The van der Waals surface area contributed by atoms with Crippen LogP contribution in [0.1, 0.15) is 55.8 Å². The Kier molecular flexibility index (Phi) is 4.22. The number of carbonyl (C=O) groups excluding carboxylic acids is 1. The lowest BCUT2D eigenvalue weighted by Gasteiger charge is -2.46. The topological polar surface area (TPSA) is 43.3 Å². The predicted molar refractivity (Wildman–Crippen MR) is 100 cm³/mol. The Morgan fingerprint density at radius 3 is 2.64 bits per heavy atom. The second-order valence-corrected chi connectivity index (χ2v) is 7.85. The quantitative estimate of drug-likeness (QED) is 0.878. The number of methoxy groups -OCH3 is 1. The monoisotopic (exact) mass is 340 g/mol. The molecule has 0 aliphatic heterocycles. The number of hydrogen-bond donors (Lipinski definition) is 1. The molecule has 1 N–H and O–H groups in total. The number of fused-ring (bicyclic) bond motifs is 4. The van der Waals surface area contributed by atoms with Crippen molar-refractivity contribution in [2.45, 2.75) is 52.0 Å². The van der Waals surface area contributed by atoms with E-state index >= 15 is 0 Å². The summed E-state index contributed by atoms with van der Waals surface area (Å²) < 4.78 is 7.65. The van der Waals surface area contributed by atoms with Crippen molar-refractivity contribution < 1.29 is 9.53 Å². The van der Waals surface area contributed by atoms with E-state index in [1.54, 1.807) is 7.11 Å². The van der Waals surface area contributed by atoms with Gasteiger partial charge in [0.2, 0.25) is 0 Å². The van der Waals surface area contributed by atoms with Gasteiger partial charge in [0.15, 0.2) is 0 Å². The third-order valence-electron chi connectivity index (χ3n) is 6.55. The molecule has 3 saturated carbocycles. The summed E-state index contributed by atoms with van der Waals surface area (Å²) in [5, 5.41) is 4.18. The first-order chi connectivity index (χ1) is 12.2. The highest BCUT2D eigenvalue weighted by molar-refractivity contribution is 6.09. The third-order valence-corrected chi connectivity index (χ3v) is 6.55. The number of nitrogens with zero attached hydrogens (tertiary/aromatic N) is 1. The highest BCUT2D eigenvalue weighted by atomic mass is 16.5. The molecule has 3 fully saturated rings. The van der Waals surface area contributed by atoms with Gasteiger partial charge in [0.25, 0.3) is 5.91 Å². The zero-order valence-corrected chi connectivity index (χ0v) is 15.3. The molecule has 134 valence electrons. The average Bonchev–Trinajstić information content (AvgIpc) is 3.06. The fourth-order valence-electron chi connectivity index (χ4n) is 4.89. The van der Waals surface area contributed by atoms with Crippen molar-refractivity contribution >= 4 is 16.8 Å². The zero-order valence-electron chi connectivity index (χ0n) is 15.3. The zero-order chi connectivity index (χ0) is 17.4. The van der Waals surface area contributed by atoms with Gasteiger partial charge in [-0.25, -0.2) is 0 Å². The van der Waals surface area contributed by atoms with Gasteiger partial charge in [-0.1, -0.05) is 6.07 Å². The van der Waals surface area contributed by atoms with Gasteiger partial charge >= 0.3 is 0 Å². The summed E-state index contributed by atoms with van der Waals surface area (Å²) in [7, 11) is 1.67. The van der Waals surface area contributed by atoms with Crippen LogP contribution in [0.3, 0.4) is 0 Å². The molecule has 2 bridgehead atoms. The van der Waals surface area contributed by atoms with Crippen molar-refractivity contribution in [3.63, 3.8) is 0 Å². The number of ether oxygens (including phenoxy) is 1. The van der Waals surface area contributed by atoms with Crippen LogP contribution in [0.15, 0.2) is 24.4 Å². The van der Waals surface area contributed by atoms with Crippen LogP contribution >= 0.6 is 0 Å². The number of carbonyl (C=O) groups is 1. The van der Waals surface area contributed by atoms with E-state index < -0.39 is 0 Å². The molecule has 5 rings (SSSR count). The lowest BCUT2D eigenvalue weighted by Crippen LogP contribution is -2.43. The summed E-state index contributed by atoms with van der Waals surface area (Å²) in [6, 6.07) is 5.97. The maximum atomic E-state index is 13.0. The van der Waals surface area contributed by atoms with Crippen LogP contribution in [-0.2, 0) is 6.54 Å². The van der Waals surface area contributed by atoms with Crippen molar-refractivity contribution in [1.82, 2.24) is 9.88 Å². The smallest absolute Gasteiger partial charge is 0.253 e. The van der Waals surface area contributed by atoms with Gasteiger partial charge in [0.05, 0.1) is 23.6 Å². The number of amides is 1. The highest BCUT2D eigenvalue weighted by Gasteiger charge is 2.40. The standard InChI is InChI=1S/C21H28N2O2/c1-3-23-13-16(19-17(23)5-4-6-18(19)25-2)20(24)22-14-21-10-7-15(8-11-21)9-12-21/h4-6,13,15H,3,7-12,14H2,1-2H3,(H,22,24). The maximum Gasteiger partial charge on any atom is 0.253 e. The van der Waals surface area contributed by atoms with E-state index in [1.165, 1.54) is 38.5 Å². The molecule has 0 radical (unpaired) electrons. The van der Waals surface area contributed by atoms with Gasteiger partial charge < -0.3 is 14.6 Å². The molecule has 0 spiro atoms. The van der Waals surface area contributed by atoms with Crippen LogP contribution < -0.4 is 10.1 Å². The van der Waals surface area contributed by atoms with Crippen LogP contribution in [0.25, 0.3) is 10.9 Å². The number of hydrogen-bond acceptors (Lipinski definition) is 2. The van der Waals surface area contributed by atoms with Gasteiger partial charge in [-0.15, -0.1) is 0 Å². The summed E-state index contributed by atoms with van der Waals surface area (Å²) in [5.74, 6) is 1.75. The van der Waals surface area contributed by atoms with Crippen LogP contribution in [0.2, 0.25) is 0 Å². The summed E-state index contributed by atoms with van der Waals surface area (Å²) in [6.45, 7) is 3.74. The first kappa shape index (κ1) is 16.5. The van der Waals surface area contributed by atoms with Crippen LogP contribution in [0.4, 0.5) is 0 Å². The number of aryl methyl sites for hydroxylation is 1. The first-order valence-electron chi connectivity index (χ1n) is 9.60. The number of benzene rings is 1. The molecular formula is C21H28N2O2. The SMILES string of the molecule is CCn1cc(C(=O)NCC23CCC(CC2)CC3)c2c(OC)cccc21. The molecule has 0 atom stereocenters. The molecule has 4 nitrogen and oxygen atoms in total. The van der Waals surface area contributed by atoms with E-state index in [1.807, 2.05) is 18.3 Å². The molecule has 0 unspecified atom stereocenters. The second kappa shape index (κ2) is 6.40. The van der Waals surface area contributed by atoms with Crippen LogP contribution in [-0.4, -0.2) is 24.1 Å². The summed E-state index contributed by atoms with van der Waals surface area (Å²) in [5.41, 5.74) is 2.14. The summed E-state index contributed by atoms with van der Waals surface area (Å²) in [4.78, 5) is 13.0. The van der Waals surface area contributed by atoms with E-state index in [0.717, 1.165) is 41.2 Å². The third kappa shape index (κ3) is 2.82. The summed E-state index contributed by atoms with van der Waals surface area (Å²) >= 11 is 0. The van der Waals surface area contributed by atoms with Gasteiger partial charge in [-0.2, -0.15) is 0 Å². The van der Waals surface area contributed by atoms with Crippen LogP contribution in [0, 0.1) is 11.3 Å². The molecular weight excluding hydrogens is 312 g/mol. The van der Waals surface area contributed by atoms with Gasteiger partial charge in [0.1, 0.15) is 5.75 Å². The number of aromatic nitrogens is 1. The lowest BCUT2D eigenvalue weighted by atomic mass is 9.61. The fourth-order valence-corrected chi connectivity index (χ4v) is 4.89. The molecule has 1 amide bonds. The van der Waals surface area contributed by atoms with E-state index in [0.29, 0.717) is 5.41 Å². The lowest BCUT2D eigenvalue weighted by molar-refractivity contribution is 0.0598. The summed E-state index contributed by atoms with van der Waals surface area (Å²) in [6.07, 6.45) is 9.84.